The van der Waals surface area contributed by atoms with E-state index in [1.54, 1.807) is 4.57 Å². The lowest BCUT2D eigenvalue weighted by molar-refractivity contribution is 0.112. The Morgan fingerprint density at radius 2 is 2.17 bits per heavy atom. The first kappa shape index (κ1) is 10.7. The zero-order valence-electron chi connectivity index (χ0n) is 9.80. The molecule has 0 fully saturated rings. The Hall–Kier alpha value is -2.43. The number of carbonyl (C=O) groups excluding carboxylic acids is 1. The second-order valence-electron chi connectivity index (χ2n) is 4.05. The Labute approximate surface area is 102 Å². The van der Waals surface area contributed by atoms with Crippen molar-refractivity contribution in [3.63, 3.8) is 0 Å². The summed E-state index contributed by atoms with van der Waals surface area (Å²) in [6.07, 6.45) is 0.692. The average Bonchev–Trinajstić information content (AvgIpc) is 2.84. The average molecular weight is 241 g/mol. The van der Waals surface area contributed by atoms with Gasteiger partial charge in [-0.3, -0.25) is 14.7 Å². The summed E-state index contributed by atoms with van der Waals surface area (Å²) in [5, 5.41) is 8.05. The van der Waals surface area contributed by atoms with Gasteiger partial charge in [-0.05, 0) is 13.0 Å². The quantitative estimate of drug-likeness (QED) is 0.694. The third kappa shape index (κ3) is 1.24. The van der Waals surface area contributed by atoms with E-state index in [0.29, 0.717) is 29.4 Å². The highest BCUT2D eigenvalue weighted by atomic mass is 16.1. The van der Waals surface area contributed by atoms with Gasteiger partial charge in [0.2, 0.25) is 0 Å². The zero-order chi connectivity index (χ0) is 12.7. The number of aromatic nitrogens is 3. The number of carbonyl (C=O) groups is 1. The predicted molar refractivity (Wildman–Crippen MR) is 68.9 cm³/mol. The number of hydrogen-bond donors (Lipinski definition) is 1. The van der Waals surface area contributed by atoms with Gasteiger partial charge < -0.3 is 4.57 Å². The molecule has 2 aromatic heterocycles. The maximum atomic E-state index is 12.3. The van der Waals surface area contributed by atoms with Crippen LogP contribution in [0.4, 0.5) is 0 Å². The van der Waals surface area contributed by atoms with Crippen molar-refractivity contribution < 1.29 is 4.79 Å². The number of H-pyrrole nitrogens is 1. The van der Waals surface area contributed by atoms with Crippen molar-refractivity contribution in [3.05, 3.63) is 40.3 Å². The topological polar surface area (TPSA) is 67.8 Å². The fourth-order valence-electron chi connectivity index (χ4n) is 2.34. The maximum absolute atomic E-state index is 12.3. The van der Waals surface area contributed by atoms with Gasteiger partial charge in [-0.15, -0.1) is 0 Å². The van der Waals surface area contributed by atoms with Crippen molar-refractivity contribution >= 4 is 28.1 Å². The SMILES string of the molecule is CCn1c(=O)c2n[nH]c(C=O)c2c2ccccc21. The number of aryl methyl sites for hydroxylation is 1. The molecule has 0 spiro atoms. The number of aromatic amines is 1. The van der Waals surface area contributed by atoms with Gasteiger partial charge in [0.25, 0.3) is 5.56 Å². The van der Waals surface area contributed by atoms with E-state index in [4.69, 9.17) is 0 Å². The van der Waals surface area contributed by atoms with E-state index in [0.717, 1.165) is 10.9 Å². The Kier molecular flexibility index (Phi) is 2.26. The van der Waals surface area contributed by atoms with Crippen LogP contribution in [0.3, 0.4) is 0 Å². The fourth-order valence-corrected chi connectivity index (χ4v) is 2.34. The van der Waals surface area contributed by atoms with Crippen molar-refractivity contribution in [1.82, 2.24) is 14.8 Å². The van der Waals surface area contributed by atoms with Crippen LogP contribution in [0.25, 0.3) is 21.8 Å². The molecule has 5 heteroatoms. The summed E-state index contributed by atoms with van der Waals surface area (Å²) in [5.74, 6) is 0. The molecule has 1 N–H and O–H groups in total. The first-order valence-corrected chi connectivity index (χ1v) is 5.72. The van der Waals surface area contributed by atoms with Gasteiger partial charge in [0.15, 0.2) is 11.8 Å². The number of fused-ring (bicyclic) bond motifs is 3. The molecule has 0 aliphatic rings. The van der Waals surface area contributed by atoms with E-state index in [9.17, 15) is 9.59 Å². The van der Waals surface area contributed by atoms with E-state index < -0.39 is 0 Å². The lowest BCUT2D eigenvalue weighted by Crippen LogP contribution is -2.20. The molecule has 0 unspecified atom stereocenters. The number of para-hydroxylation sites is 1. The minimum absolute atomic E-state index is 0.171. The summed E-state index contributed by atoms with van der Waals surface area (Å²) in [5.41, 5.74) is 1.32. The number of aldehydes is 1. The van der Waals surface area contributed by atoms with Crippen LogP contribution in [0.1, 0.15) is 17.4 Å². The third-order valence-corrected chi connectivity index (χ3v) is 3.14. The summed E-state index contributed by atoms with van der Waals surface area (Å²) >= 11 is 0. The Bertz CT molecular complexity index is 814. The minimum atomic E-state index is -0.171. The number of pyridine rings is 1. The lowest BCUT2D eigenvalue weighted by Gasteiger charge is -2.08. The van der Waals surface area contributed by atoms with Gasteiger partial charge in [0, 0.05) is 17.3 Å². The number of nitrogens with zero attached hydrogens (tertiary/aromatic N) is 2. The molecule has 18 heavy (non-hydrogen) atoms. The Morgan fingerprint density at radius 3 is 2.89 bits per heavy atom. The molecule has 5 nitrogen and oxygen atoms in total. The van der Waals surface area contributed by atoms with E-state index >= 15 is 0 Å². The highest BCUT2D eigenvalue weighted by molar-refractivity contribution is 6.10. The molecule has 0 saturated heterocycles. The van der Waals surface area contributed by atoms with Crippen LogP contribution in [0.15, 0.2) is 29.1 Å². The number of rotatable bonds is 2. The largest absolute Gasteiger partial charge is 0.307 e. The van der Waals surface area contributed by atoms with Gasteiger partial charge in [-0.2, -0.15) is 5.10 Å². The summed E-state index contributed by atoms with van der Waals surface area (Å²) in [7, 11) is 0. The minimum Gasteiger partial charge on any atom is -0.307 e. The van der Waals surface area contributed by atoms with Gasteiger partial charge >= 0.3 is 0 Å². The summed E-state index contributed by atoms with van der Waals surface area (Å²) in [6.45, 7) is 2.48. The van der Waals surface area contributed by atoms with Gasteiger partial charge in [-0.25, -0.2) is 0 Å². The molecule has 0 saturated carbocycles. The van der Waals surface area contributed by atoms with E-state index in [1.807, 2.05) is 31.2 Å². The van der Waals surface area contributed by atoms with Crippen LogP contribution < -0.4 is 5.56 Å². The Balaban J connectivity index is 2.69. The van der Waals surface area contributed by atoms with E-state index in [2.05, 4.69) is 10.2 Å². The van der Waals surface area contributed by atoms with Crippen LogP contribution in [0.2, 0.25) is 0 Å². The highest BCUT2D eigenvalue weighted by Crippen LogP contribution is 2.23. The molecule has 0 bridgehead atoms. The molecule has 0 aliphatic carbocycles. The molecular formula is C13H11N3O2. The molecular weight excluding hydrogens is 230 g/mol. The molecule has 0 aliphatic heterocycles. The first-order valence-electron chi connectivity index (χ1n) is 5.72. The van der Waals surface area contributed by atoms with Crippen molar-refractivity contribution in [2.24, 2.45) is 0 Å². The highest BCUT2D eigenvalue weighted by Gasteiger charge is 2.15. The van der Waals surface area contributed by atoms with Gasteiger partial charge in [0.1, 0.15) is 5.69 Å². The third-order valence-electron chi connectivity index (χ3n) is 3.14. The van der Waals surface area contributed by atoms with Crippen LogP contribution in [-0.2, 0) is 6.54 Å². The number of hydrogen-bond acceptors (Lipinski definition) is 3. The standard InChI is InChI=1S/C13H11N3O2/c1-2-16-10-6-4-3-5-8(10)11-9(7-17)14-15-12(11)13(16)18/h3-7H,2H2,1H3,(H,14,15). The molecule has 90 valence electrons. The lowest BCUT2D eigenvalue weighted by atomic mass is 10.1. The zero-order valence-corrected chi connectivity index (χ0v) is 9.80. The summed E-state index contributed by atoms with van der Waals surface area (Å²) in [4.78, 5) is 23.3. The molecule has 3 rings (SSSR count). The fraction of sp³-hybridized carbons (Fsp3) is 0.154. The molecule has 2 heterocycles. The smallest absolute Gasteiger partial charge is 0.279 e. The van der Waals surface area contributed by atoms with Gasteiger partial charge in [-0.1, -0.05) is 18.2 Å². The predicted octanol–water partition coefficient (Wildman–Crippen LogP) is 1.71. The molecule has 3 aromatic rings. The number of nitrogens with one attached hydrogen (secondary N) is 1. The van der Waals surface area contributed by atoms with E-state index in [1.165, 1.54) is 0 Å². The monoisotopic (exact) mass is 241 g/mol. The van der Waals surface area contributed by atoms with Gasteiger partial charge in [0.05, 0.1) is 5.52 Å². The normalized spacial score (nSPS) is 11.2. The number of benzene rings is 1. The Morgan fingerprint density at radius 1 is 1.39 bits per heavy atom. The van der Waals surface area contributed by atoms with Crippen molar-refractivity contribution in [2.75, 3.05) is 0 Å². The second kappa shape index (κ2) is 3.80. The maximum Gasteiger partial charge on any atom is 0.279 e. The molecule has 0 atom stereocenters. The van der Waals surface area contributed by atoms with Crippen molar-refractivity contribution in [1.29, 1.82) is 0 Å². The van der Waals surface area contributed by atoms with Crippen molar-refractivity contribution in [2.45, 2.75) is 13.5 Å². The summed E-state index contributed by atoms with van der Waals surface area (Å²) < 4.78 is 1.66. The van der Waals surface area contributed by atoms with E-state index in [-0.39, 0.29) is 5.56 Å². The second-order valence-corrected chi connectivity index (χ2v) is 4.05. The first-order chi connectivity index (χ1) is 8.77. The molecule has 0 amide bonds. The molecule has 1 aromatic carbocycles. The summed E-state index contributed by atoms with van der Waals surface area (Å²) in [6, 6.07) is 7.53. The van der Waals surface area contributed by atoms with Crippen molar-refractivity contribution in [3.8, 4) is 0 Å². The molecule has 0 radical (unpaired) electrons. The van der Waals surface area contributed by atoms with Crippen LogP contribution >= 0.6 is 0 Å². The van der Waals surface area contributed by atoms with Crippen LogP contribution in [-0.4, -0.2) is 21.1 Å². The van der Waals surface area contributed by atoms with Crippen LogP contribution in [0, 0.1) is 0 Å². The van der Waals surface area contributed by atoms with Crippen LogP contribution in [0.5, 0.6) is 0 Å².